The molecule has 0 aliphatic carbocycles. The fraction of sp³-hybridized carbons (Fsp3) is 0.400. The Hall–Kier alpha value is -2.06. The third-order valence-electron chi connectivity index (χ3n) is 3.54. The van der Waals surface area contributed by atoms with Crippen LogP contribution in [0.3, 0.4) is 0 Å². The molecular formula is C15H19N5O2S. The van der Waals surface area contributed by atoms with E-state index in [0.29, 0.717) is 24.1 Å². The van der Waals surface area contributed by atoms with Crippen LogP contribution in [0.5, 0.6) is 0 Å². The highest BCUT2D eigenvalue weighted by Gasteiger charge is 2.22. The monoisotopic (exact) mass is 333 g/mol. The molecule has 1 saturated heterocycles. The standard InChI is InChI=1S/C15H19N5O2S/c1-16-13(21)11-23-15-18-17-14(19-7-9-22-10-8-19)20(15)12-5-3-2-4-6-12/h2-6H,7-11H2,1H3,(H,16,21). The van der Waals surface area contributed by atoms with Crippen LogP contribution in [0, 0.1) is 0 Å². The van der Waals surface area contributed by atoms with Crippen molar-refractivity contribution >= 4 is 23.6 Å². The molecule has 8 heteroatoms. The van der Waals surface area contributed by atoms with Gasteiger partial charge in [-0.25, -0.2) is 0 Å². The van der Waals surface area contributed by atoms with Crippen LogP contribution in [-0.2, 0) is 9.53 Å². The maximum absolute atomic E-state index is 11.5. The number of ether oxygens (including phenoxy) is 1. The number of rotatable bonds is 5. The first-order valence-electron chi connectivity index (χ1n) is 7.46. The van der Waals surface area contributed by atoms with E-state index in [1.165, 1.54) is 11.8 Å². The van der Waals surface area contributed by atoms with Crippen LogP contribution in [0.4, 0.5) is 5.95 Å². The average molecular weight is 333 g/mol. The first kappa shape index (κ1) is 15.8. The van der Waals surface area contributed by atoms with Gasteiger partial charge in [-0.3, -0.25) is 9.36 Å². The number of amides is 1. The van der Waals surface area contributed by atoms with Crippen molar-refractivity contribution in [1.82, 2.24) is 20.1 Å². The third kappa shape index (κ3) is 3.65. The molecule has 23 heavy (non-hydrogen) atoms. The molecule has 1 aromatic heterocycles. The molecule has 1 aliphatic rings. The van der Waals surface area contributed by atoms with Gasteiger partial charge in [0.1, 0.15) is 0 Å². The number of carbonyl (C=O) groups is 1. The van der Waals surface area contributed by atoms with Gasteiger partial charge in [-0.2, -0.15) is 0 Å². The molecule has 1 aliphatic heterocycles. The molecule has 3 rings (SSSR count). The molecule has 2 aromatic rings. The molecule has 1 fully saturated rings. The van der Waals surface area contributed by atoms with Gasteiger partial charge in [-0.05, 0) is 12.1 Å². The number of thioether (sulfide) groups is 1. The van der Waals surface area contributed by atoms with Gasteiger partial charge in [0.2, 0.25) is 11.9 Å². The summed E-state index contributed by atoms with van der Waals surface area (Å²) < 4.78 is 7.41. The maximum Gasteiger partial charge on any atom is 0.232 e. The van der Waals surface area contributed by atoms with Gasteiger partial charge in [-0.1, -0.05) is 30.0 Å². The van der Waals surface area contributed by atoms with E-state index < -0.39 is 0 Å². The number of para-hydroxylation sites is 1. The topological polar surface area (TPSA) is 72.3 Å². The predicted octanol–water partition coefficient (Wildman–Crippen LogP) is 0.942. The molecule has 0 bridgehead atoms. The number of nitrogens with one attached hydrogen (secondary N) is 1. The van der Waals surface area contributed by atoms with E-state index in [1.54, 1.807) is 7.05 Å². The van der Waals surface area contributed by atoms with Crippen molar-refractivity contribution in [2.24, 2.45) is 0 Å². The molecule has 0 saturated carbocycles. The average Bonchev–Trinajstić information content (AvgIpc) is 3.05. The Kier molecular flexibility index (Phi) is 5.14. The molecule has 2 heterocycles. The second-order valence-corrected chi connectivity index (χ2v) is 5.96. The van der Waals surface area contributed by atoms with Gasteiger partial charge in [0, 0.05) is 20.1 Å². The Labute approximate surface area is 139 Å². The molecule has 1 amide bonds. The lowest BCUT2D eigenvalue weighted by Gasteiger charge is -2.27. The first-order chi connectivity index (χ1) is 11.3. The molecule has 7 nitrogen and oxygen atoms in total. The predicted molar refractivity (Wildman–Crippen MR) is 89.2 cm³/mol. The Morgan fingerprint density at radius 3 is 2.70 bits per heavy atom. The van der Waals surface area contributed by atoms with Crippen LogP contribution in [-0.4, -0.2) is 59.8 Å². The lowest BCUT2D eigenvalue weighted by molar-refractivity contribution is -0.118. The Balaban J connectivity index is 1.93. The lowest BCUT2D eigenvalue weighted by atomic mass is 10.3. The van der Waals surface area contributed by atoms with E-state index in [4.69, 9.17) is 4.74 Å². The summed E-state index contributed by atoms with van der Waals surface area (Å²) in [6.07, 6.45) is 0. The minimum atomic E-state index is -0.0365. The normalized spacial score (nSPS) is 14.7. The van der Waals surface area contributed by atoms with Crippen molar-refractivity contribution in [3.63, 3.8) is 0 Å². The molecule has 1 aromatic carbocycles. The zero-order valence-corrected chi connectivity index (χ0v) is 13.8. The number of nitrogens with zero attached hydrogens (tertiary/aromatic N) is 4. The van der Waals surface area contributed by atoms with E-state index in [2.05, 4.69) is 20.4 Å². The minimum absolute atomic E-state index is 0.0365. The smallest absolute Gasteiger partial charge is 0.232 e. The second kappa shape index (κ2) is 7.47. The van der Waals surface area contributed by atoms with Gasteiger partial charge in [-0.15, -0.1) is 10.2 Å². The number of carbonyl (C=O) groups excluding carboxylic acids is 1. The van der Waals surface area contributed by atoms with Gasteiger partial charge in [0.05, 0.1) is 24.7 Å². The van der Waals surface area contributed by atoms with Crippen molar-refractivity contribution in [1.29, 1.82) is 0 Å². The largest absolute Gasteiger partial charge is 0.378 e. The molecular weight excluding hydrogens is 314 g/mol. The fourth-order valence-electron chi connectivity index (χ4n) is 2.33. The summed E-state index contributed by atoms with van der Waals surface area (Å²) in [5.74, 6) is 1.06. The second-order valence-electron chi connectivity index (χ2n) is 5.01. The van der Waals surface area contributed by atoms with Crippen LogP contribution < -0.4 is 10.2 Å². The summed E-state index contributed by atoms with van der Waals surface area (Å²) in [4.78, 5) is 13.7. The SMILES string of the molecule is CNC(=O)CSc1nnc(N2CCOCC2)n1-c1ccccc1. The number of hydrogen-bond donors (Lipinski definition) is 1. The van der Waals surface area contributed by atoms with Crippen LogP contribution >= 0.6 is 11.8 Å². The van der Waals surface area contributed by atoms with E-state index in [0.717, 1.165) is 24.7 Å². The van der Waals surface area contributed by atoms with Crippen molar-refractivity contribution in [2.45, 2.75) is 5.16 Å². The van der Waals surface area contributed by atoms with Crippen molar-refractivity contribution in [3.05, 3.63) is 30.3 Å². The van der Waals surface area contributed by atoms with Gasteiger partial charge >= 0.3 is 0 Å². The molecule has 0 atom stereocenters. The Morgan fingerprint density at radius 2 is 2.00 bits per heavy atom. The third-order valence-corrected chi connectivity index (χ3v) is 4.46. The number of benzene rings is 1. The zero-order chi connectivity index (χ0) is 16.1. The first-order valence-corrected chi connectivity index (χ1v) is 8.45. The fourth-order valence-corrected chi connectivity index (χ4v) is 3.15. The van der Waals surface area contributed by atoms with Gasteiger partial charge < -0.3 is 15.0 Å². The van der Waals surface area contributed by atoms with E-state index >= 15 is 0 Å². The Bertz CT molecular complexity index is 655. The highest BCUT2D eigenvalue weighted by molar-refractivity contribution is 7.99. The number of morpholine rings is 1. The van der Waals surface area contributed by atoms with Crippen molar-refractivity contribution in [3.8, 4) is 5.69 Å². The van der Waals surface area contributed by atoms with Crippen molar-refractivity contribution < 1.29 is 9.53 Å². The van der Waals surface area contributed by atoms with Crippen LogP contribution in [0.1, 0.15) is 0 Å². The maximum atomic E-state index is 11.5. The summed E-state index contributed by atoms with van der Waals surface area (Å²) in [6, 6.07) is 9.95. The highest BCUT2D eigenvalue weighted by Crippen LogP contribution is 2.26. The molecule has 122 valence electrons. The van der Waals surface area contributed by atoms with Crippen molar-refractivity contribution in [2.75, 3.05) is 44.0 Å². The van der Waals surface area contributed by atoms with E-state index in [-0.39, 0.29) is 5.91 Å². The van der Waals surface area contributed by atoms with E-state index in [9.17, 15) is 4.79 Å². The summed E-state index contributed by atoms with van der Waals surface area (Å²) in [7, 11) is 1.63. The number of hydrogen-bond acceptors (Lipinski definition) is 6. The van der Waals surface area contributed by atoms with Crippen LogP contribution in [0.15, 0.2) is 35.5 Å². The molecule has 0 spiro atoms. The molecule has 0 unspecified atom stereocenters. The Morgan fingerprint density at radius 1 is 1.26 bits per heavy atom. The van der Waals surface area contributed by atoms with E-state index in [1.807, 2.05) is 34.9 Å². The molecule has 0 radical (unpaired) electrons. The lowest BCUT2D eigenvalue weighted by Crippen LogP contribution is -2.37. The molecule has 1 N–H and O–H groups in total. The number of anilines is 1. The van der Waals surface area contributed by atoms with Gasteiger partial charge in [0.15, 0.2) is 5.16 Å². The minimum Gasteiger partial charge on any atom is -0.378 e. The zero-order valence-electron chi connectivity index (χ0n) is 12.9. The number of aromatic nitrogens is 3. The van der Waals surface area contributed by atoms with Crippen LogP contribution in [0.25, 0.3) is 5.69 Å². The highest BCUT2D eigenvalue weighted by atomic mass is 32.2. The quantitative estimate of drug-likeness (QED) is 0.821. The van der Waals surface area contributed by atoms with Gasteiger partial charge in [0.25, 0.3) is 0 Å². The summed E-state index contributed by atoms with van der Waals surface area (Å²) in [5, 5.41) is 12.0. The summed E-state index contributed by atoms with van der Waals surface area (Å²) in [5.41, 5.74) is 0.985. The van der Waals surface area contributed by atoms with Crippen LogP contribution in [0.2, 0.25) is 0 Å². The summed E-state index contributed by atoms with van der Waals surface area (Å²) in [6.45, 7) is 2.93. The summed E-state index contributed by atoms with van der Waals surface area (Å²) >= 11 is 1.38.